The van der Waals surface area contributed by atoms with Crippen molar-refractivity contribution in [2.75, 3.05) is 0 Å². The van der Waals surface area contributed by atoms with Gasteiger partial charge in [-0.1, -0.05) is 84.0 Å². The summed E-state index contributed by atoms with van der Waals surface area (Å²) in [7, 11) is -11.1. The Labute approximate surface area is 252 Å². The Hall–Kier alpha value is -2.71. The van der Waals surface area contributed by atoms with Gasteiger partial charge in [0.2, 0.25) is 0 Å². The largest absolute Gasteiger partial charge is 0.486 e. The molecule has 44 heavy (non-hydrogen) atoms. The molecular formula is C30H32F9O3S2+. The molecule has 0 aliphatic heterocycles. The van der Waals surface area contributed by atoms with Gasteiger partial charge in [-0.2, -0.15) is 39.5 Å². The second-order valence-corrected chi connectivity index (χ2v) is 16.8. The standard InChI is InChI=1S/C30H31F9O3S2/c1-25(2,3)20-12-16-23(17-13-20)43(22-10-8-7-9-11-22,24-18-14-21(15-19-24)26(4,5)6)42-44(40,41)30(38,39)28(33,34)27(31,32)29(35,36)37/h7-19H,1-6H3/p+1. The van der Waals surface area contributed by atoms with E-state index < -0.39 is 54.5 Å². The van der Waals surface area contributed by atoms with E-state index in [-0.39, 0.29) is 14.7 Å². The summed E-state index contributed by atoms with van der Waals surface area (Å²) in [5.74, 6) is -14.8. The van der Waals surface area contributed by atoms with Gasteiger partial charge in [0.05, 0.1) is 25.0 Å². The molecule has 0 bridgehead atoms. The minimum atomic E-state index is -7.42. The van der Waals surface area contributed by atoms with Crippen LogP contribution in [0.1, 0.15) is 52.7 Å². The van der Waals surface area contributed by atoms with Crippen LogP contribution in [0.3, 0.4) is 0 Å². The maximum atomic E-state index is 15.1. The third-order valence-electron chi connectivity index (χ3n) is 6.86. The van der Waals surface area contributed by atoms with Crippen LogP contribution in [-0.4, -0.2) is 35.3 Å². The van der Waals surface area contributed by atoms with E-state index in [1.165, 1.54) is 78.9 Å². The monoisotopic (exact) mass is 675 g/mol. The van der Waals surface area contributed by atoms with Crippen molar-refractivity contribution in [2.24, 2.45) is 0 Å². The molecule has 0 aliphatic rings. The zero-order valence-electron chi connectivity index (χ0n) is 24.5. The smallest absolute Gasteiger partial charge is 0.257 e. The first kappa shape index (κ1) is 35.8. The SMILES string of the molecule is CC(C)(C)c1ccc(S([OH+]S(=O)(=O)C(F)(F)C(F)(F)C(F)(F)C(F)(F)F)(c2ccccc2)c2ccc(C(C)(C)C)cc2)cc1. The summed E-state index contributed by atoms with van der Waals surface area (Å²) in [5, 5.41) is -6.98. The van der Waals surface area contributed by atoms with Crippen molar-refractivity contribution in [1.29, 1.82) is 0 Å². The normalized spacial score (nSPS) is 14.9. The summed E-state index contributed by atoms with van der Waals surface area (Å²) >= 11 is 0. The van der Waals surface area contributed by atoms with Crippen LogP contribution in [0.5, 0.6) is 0 Å². The highest BCUT2D eigenvalue weighted by Gasteiger charge is 2.88. The number of alkyl halides is 9. The molecule has 0 atom stereocenters. The highest BCUT2D eigenvalue weighted by atomic mass is 32.3. The molecule has 0 saturated heterocycles. The average molecular weight is 676 g/mol. The summed E-state index contributed by atoms with van der Waals surface area (Å²) in [6, 6.07) is 18.4. The number of halogens is 9. The van der Waals surface area contributed by atoms with Gasteiger partial charge < -0.3 is 0 Å². The molecule has 0 heterocycles. The Balaban J connectivity index is 2.42. The fourth-order valence-corrected chi connectivity index (χ4v) is 9.64. The second kappa shape index (κ2) is 11.3. The molecule has 244 valence electrons. The van der Waals surface area contributed by atoms with Gasteiger partial charge in [0.1, 0.15) is 0 Å². The van der Waals surface area contributed by atoms with Gasteiger partial charge >= 0.3 is 33.4 Å². The maximum Gasteiger partial charge on any atom is 0.486 e. The molecular weight excluding hydrogens is 643 g/mol. The first-order chi connectivity index (χ1) is 19.7. The van der Waals surface area contributed by atoms with Crippen molar-refractivity contribution in [1.82, 2.24) is 0 Å². The Bertz CT molecular complexity index is 1500. The lowest BCUT2D eigenvalue weighted by Gasteiger charge is -2.38. The van der Waals surface area contributed by atoms with E-state index >= 15 is 8.78 Å². The van der Waals surface area contributed by atoms with E-state index in [4.69, 9.17) is 0 Å². The first-order valence-electron chi connectivity index (χ1n) is 13.0. The van der Waals surface area contributed by atoms with Crippen LogP contribution in [0, 0.1) is 0 Å². The Morgan fingerprint density at radius 1 is 0.500 bits per heavy atom. The number of rotatable bonds is 8. The van der Waals surface area contributed by atoms with E-state index in [2.05, 4.69) is 3.63 Å². The van der Waals surface area contributed by atoms with Gasteiger partial charge in [0, 0.05) is 0 Å². The van der Waals surface area contributed by atoms with Crippen LogP contribution in [0.25, 0.3) is 0 Å². The highest BCUT2D eigenvalue weighted by molar-refractivity contribution is 8.32. The Kier molecular flexibility index (Phi) is 9.16. The Morgan fingerprint density at radius 3 is 1.16 bits per heavy atom. The van der Waals surface area contributed by atoms with Gasteiger partial charge in [0.25, 0.3) is 0 Å². The Morgan fingerprint density at radius 2 is 0.841 bits per heavy atom. The fraction of sp³-hybridized carbons (Fsp3) is 0.400. The van der Waals surface area contributed by atoms with Gasteiger partial charge in [-0.05, 0) is 58.4 Å². The van der Waals surface area contributed by atoms with Crippen molar-refractivity contribution in [3.05, 3.63) is 90.0 Å². The lowest BCUT2D eigenvalue weighted by atomic mass is 9.87. The van der Waals surface area contributed by atoms with Crippen molar-refractivity contribution in [3.63, 3.8) is 0 Å². The molecule has 0 saturated carbocycles. The molecule has 0 unspecified atom stereocenters. The zero-order valence-corrected chi connectivity index (χ0v) is 26.1. The van der Waals surface area contributed by atoms with Crippen molar-refractivity contribution in [3.8, 4) is 0 Å². The van der Waals surface area contributed by atoms with Gasteiger partial charge in [0.15, 0.2) is 0 Å². The molecule has 1 N–H and O–H groups in total. The minimum Gasteiger partial charge on any atom is -0.257 e. The topological polar surface area (TPSA) is 46.9 Å². The molecule has 3 aromatic rings. The molecule has 3 rings (SSSR count). The van der Waals surface area contributed by atoms with Gasteiger partial charge in [-0.25, -0.2) is 0 Å². The van der Waals surface area contributed by atoms with Gasteiger partial charge in [-0.3, -0.25) is 3.63 Å². The molecule has 0 aromatic heterocycles. The van der Waals surface area contributed by atoms with Crippen LogP contribution in [0.4, 0.5) is 39.5 Å². The second-order valence-electron chi connectivity index (χ2n) is 12.2. The number of hydrogen-bond acceptors (Lipinski definition) is 2. The van der Waals surface area contributed by atoms with Crippen LogP contribution in [0.2, 0.25) is 0 Å². The van der Waals surface area contributed by atoms with Crippen molar-refractivity contribution in [2.45, 2.75) is 90.3 Å². The predicted octanol–water partition coefficient (Wildman–Crippen LogP) is 10.3. The minimum absolute atomic E-state index is 0.0783. The lowest BCUT2D eigenvalue weighted by Crippen LogP contribution is -2.63. The van der Waals surface area contributed by atoms with Crippen molar-refractivity contribution >= 4 is 20.4 Å². The zero-order chi connectivity index (χ0) is 33.8. The molecule has 0 fully saturated rings. The number of hydrogen-bond donors (Lipinski definition) is 0. The maximum absolute atomic E-state index is 15.1. The van der Waals surface area contributed by atoms with Crippen LogP contribution in [0.15, 0.2) is 93.5 Å². The quantitative estimate of drug-likeness (QED) is 0.136. The summed E-state index contributed by atoms with van der Waals surface area (Å²) in [6.07, 6.45) is -7.20. The van der Waals surface area contributed by atoms with E-state index in [1.807, 2.05) is 41.5 Å². The van der Waals surface area contributed by atoms with E-state index in [1.54, 1.807) is 0 Å². The molecule has 14 heteroatoms. The third-order valence-corrected chi connectivity index (χ3v) is 12.3. The number of benzene rings is 3. The summed E-state index contributed by atoms with van der Waals surface area (Å²) in [4.78, 5) is -0.242. The summed E-state index contributed by atoms with van der Waals surface area (Å²) in [6.45, 7) is 11.1. The molecule has 0 amide bonds. The fourth-order valence-electron chi connectivity index (χ4n) is 4.18. The third kappa shape index (κ3) is 6.09. The van der Waals surface area contributed by atoms with E-state index in [9.17, 15) is 39.2 Å². The molecule has 0 spiro atoms. The first-order valence-corrected chi connectivity index (χ1v) is 16.0. The van der Waals surface area contributed by atoms with Crippen LogP contribution >= 0.6 is 10.3 Å². The summed E-state index contributed by atoms with van der Waals surface area (Å²) < 4.78 is 155. The molecule has 3 aromatic carbocycles. The lowest BCUT2D eigenvalue weighted by molar-refractivity contribution is -0.382. The van der Waals surface area contributed by atoms with Crippen LogP contribution < -0.4 is 0 Å². The highest BCUT2D eigenvalue weighted by Crippen LogP contribution is 2.70. The summed E-state index contributed by atoms with van der Waals surface area (Å²) in [5.41, 5.74) is 0.517. The average Bonchev–Trinajstić information content (AvgIpc) is 2.90. The molecule has 0 radical (unpaired) electrons. The van der Waals surface area contributed by atoms with Crippen molar-refractivity contribution < 1.29 is 51.6 Å². The predicted molar refractivity (Wildman–Crippen MR) is 152 cm³/mol. The van der Waals surface area contributed by atoms with Gasteiger partial charge in [-0.15, -0.1) is 8.42 Å². The van der Waals surface area contributed by atoms with Crippen LogP contribution in [-0.2, 0) is 20.9 Å². The molecule has 3 nitrogen and oxygen atoms in total. The molecule has 0 aliphatic carbocycles. The van der Waals surface area contributed by atoms with E-state index in [0.29, 0.717) is 11.1 Å². The van der Waals surface area contributed by atoms with E-state index in [0.717, 1.165) is 0 Å².